The lowest BCUT2D eigenvalue weighted by Crippen LogP contribution is -2.37. The van der Waals surface area contributed by atoms with Gasteiger partial charge in [-0.2, -0.15) is 0 Å². The monoisotopic (exact) mass is 471 g/mol. The molecule has 1 aliphatic rings. The molecule has 0 atom stereocenters. The Hall–Kier alpha value is -3.66. The number of hydrogen-bond donors (Lipinski definition) is 1. The number of halogens is 1. The van der Waals surface area contributed by atoms with Gasteiger partial charge in [-0.05, 0) is 36.0 Å². The Balaban J connectivity index is 1.59. The van der Waals surface area contributed by atoms with Crippen LogP contribution in [0.4, 0.5) is 9.18 Å². The molecule has 1 fully saturated rings. The van der Waals surface area contributed by atoms with Crippen LogP contribution in [-0.2, 0) is 9.59 Å². The van der Waals surface area contributed by atoms with E-state index in [0.29, 0.717) is 0 Å². The molecule has 172 valence electrons. The van der Waals surface area contributed by atoms with Gasteiger partial charge in [-0.25, -0.2) is 4.39 Å². The van der Waals surface area contributed by atoms with Crippen LogP contribution in [0.2, 0.25) is 0 Å². The van der Waals surface area contributed by atoms with Crippen molar-refractivity contribution in [2.45, 2.75) is 0 Å². The van der Waals surface area contributed by atoms with Crippen LogP contribution in [0.3, 0.4) is 0 Å². The maximum Gasteiger partial charge on any atom is 0.293 e. The molecule has 33 heavy (non-hydrogen) atoms. The second-order valence-electron chi connectivity index (χ2n) is 7.18. The molecule has 8 nitrogen and oxygen atoms in total. The van der Waals surface area contributed by atoms with Crippen LogP contribution in [0.15, 0.2) is 53.4 Å². The van der Waals surface area contributed by atoms with Crippen molar-refractivity contribution in [2.75, 3.05) is 33.8 Å². The molecule has 4 amide bonds. The largest absolute Gasteiger partial charge is 0.483 e. The van der Waals surface area contributed by atoms with Gasteiger partial charge in [0.15, 0.2) is 6.61 Å². The molecule has 0 saturated carbocycles. The molecule has 2 aromatic rings. The van der Waals surface area contributed by atoms with Crippen LogP contribution < -0.4 is 10.1 Å². The third-order valence-corrected chi connectivity index (χ3v) is 5.58. The van der Waals surface area contributed by atoms with E-state index < -0.39 is 22.9 Å². The first-order chi connectivity index (χ1) is 15.8. The molecule has 1 N–H and O–H groups in total. The zero-order valence-corrected chi connectivity index (χ0v) is 18.9. The zero-order valence-electron chi connectivity index (χ0n) is 18.0. The van der Waals surface area contributed by atoms with Crippen molar-refractivity contribution in [2.24, 2.45) is 0 Å². The number of rotatable bonds is 8. The van der Waals surface area contributed by atoms with Crippen molar-refractivity contribution < 1.29 is 28.3 Å². The standard InChI is InChI=1S/C23H22FN3O5S/c1-26(2)20(28)14-32-18-10-6-4-8-16(18)21(29)25-11-12-27-22(30)19(33-23(27)31)13-15-7-3-5-9-17(15)24/h3-10,13H,11-12,14H2,1-2H3,(H,25,29)/b19-13-. The van der Waals surface area contributed by atoms with Crippen molar-refractivity contribution in [1.82, 2.24) is 15.1 Å². The highest BCUT2D eigenvalue weighted by Gasteiger charge is 2.34. The van der Waals surface area contributed by atoms with Gasteiger partial charge in [-0.3, -0.25) is 24.1 Å². The molecule has 0 aromatic heterocycles. The molecular weight excluding hydrogens is 449 g/mol. The summed E-state index contributed by atoms with van der Waals surface area (Å²) in [5.41, 5.74) is 0.429. The van der Waals surface area contributed by atoms with Gasteiger partial charge in [0, 0.05) is 32.7 Å². The molecule has 0 aliphatic carbocycles. The van der Waals surface area contributed by atoms with E-state index in [4.69, 9.17) is 4.74 Å². The van der Waals surface area contributed by atoms with Gasteiger partial charge in [0.05, 0.1) is 10.5 Å². The molecule has 1 aliphatic heterocycles. The fraction of sp³-hybridized carbons (Fsp3) is 0.217. The smallest absolute Gasteiger partial charge is 0.293 e. The third-order valence-electron chi connectivity index (χ3n) is 4.67. The van der Waals surface area contributed by atoms with E-state index in [2.05, 4.69) is 5.32 Å². The summed E-state index contributed by atoms with van der Waals surface area (Å²) < 4.78 is 19.3. The molecule has 0 spiro atoms. The quantitative estimate of drug-likeness (QED) is 0.595. The summed E-state index contributed by atoms with van der Waals surface area (Å²) in [4.78, 5) is 51.6. The van der Waals surface area contributed by atoms with Crippen LogP contribution in [0.1, 0.15) is 15.9 Å². The summed E-state index contributed by atoms with van der Waals surface area (Å²) in [6.07, 6.45) is 1.33. The molecule has 10 heteroatoms. The number of carbonyl (C=O) groups is 4. The second kappa shape index (κ2) is 10.8. The summed E-state index contributed by atoms with van der Waals surface area (Å²) in [5.74, 6) is -1.54. The lowest BCUT2D eigenvalue weighted by molar-refractivity contribution is -0.130. The van der Waals surface area contributed by atoms with Crippen LogP contribution in [-0.4, -0.2) is 66.6 Å². The molecule has 0 radical (unpaired) electrons. The third kappa shape index (κ3) is 5.98. The van der Waals surface area contributed by atoms with E-state index in [9.17, 15) is 23.6 Å². The first-order valence-corrected chi connectivity index (χ1v) is 10.8. The van der Waals surface area contributed by atoms with E-state index in [0.717, 1.165) is 16.7 Å². The predicted octanol–water partition coefficient (Wildman–Crippen LogP) is 2.76. The van der Waals surface area contributed by atoms with Crippen LogP contribution in [0.25, 0.3) is 6.08 Å². The van der Waals surface area contributed by atoms with Crippen molar-refractivity contribution in [3.05, 3.63) is 70.4 Å². The Morgan fingerprint density at radius 2 is 1.82 bits per heavy atom. The van der Waals surface area contributed by atoms with Crippen LogP contribution in [0.5, 0.6) is 5.75 Å². The predicted molar refractivity (Wildman–Crippen MR) is 122 cm³/mol. The van der Waals surface area contributed by atoms with E-state index >= 15 is 0 Å². The van der Waals surface area contributed by atoms with Crippen LogP contribution in [0, 0.1) is 5.82 Å². The SMILES string of the molecule is CN(C)C(=O)COc1ccccc1C(=O)NCCN1C(=O)S/C(=C\c2ccccc2F)C1=O. The van der Waals surface area contributed by atoms with Gasteiger partial charge in [-0.15, -0.1) is 0 Å². The highest BCUT2D eigenvalue weighted by atomic mass is 32.2. The number of carbonyl (C=O) groups excluding carboxylic acids is 4. The number of hydrogen-bond acceptors (Lipinski definition) is 6. The molecular formula is C23H22FN3O5S. The molecule has 0 unspecified atom stereocenters. The van der Waals surface area contributed by atoms with Gasteiger partial charge in [0.25, 0.3) is 23.0 Å². The van der Waals surface area contributed by atoms with Crippen molar-refractivity contribution >= 4 is 40.8 Å². The average Bonchev–Trinajstić information content (AvgIpc) is 3.06. The summed E-state index contributed by atoms with van der Waals surface area (Å²) >= 11 is 0.718. The minimum absolute atomic E-state index is 0.00874. The van der Waals surface area contributed by atoms with Crippen molar-refractivity contribution in [3.8, 4) is 5.75 Å². The lowest BCUT2D eigenvalue weighted by atomic mass is 10.2. The first-order valence-electron chi connectivity index (χ1n) is 9.98. The summed E-state index contributed by atoms with van der Waals surface area (Å²) in [6.45, 7) is -0.260. The van der Waals surface area contributed by atoms with Gasteiger partial charge < -0.3 is 15.0 Å². The fourth-order valence-electron chi connectivity index (χ4n) is 2.85. The van der Waals surface area contributed by atoms with E-state index in [1.165, 1.54) is 29.2 Å². The number of imide groups is 1. The van der Waals surface area contributed by atoms with E-state index in [1.54, 1.807) is 44.4 Å². The number of benzene rings is 2. The highest BCUT2D eigenvalue weighted by Crippen LogP contribution is 2.32. The molecule has 3 rings (SSSR count). The normalized spacial score (nSPS) is 14.5. The Morgan fingerprint density at radius 1 is 1.12 bits per heavy atom. The maximum atomic E-state index is 13.8. The summed E-state index contributed by atoms with van der Waals surface area (Å²) in [7, 11) is 3.20. The zero-order chi connectivity index (χ0) is 24.0. The van der Waals surface area contributed by atoms with E-state index in [-0.39, 0.29) is 47.4 Å². The average molecular weight is 472 g/mol. The number of para-hydroxylation sites is 1. The minimum Gasteiger partial charge on any atom is -0.483 e. The fourth-order valence-corrected chi connectivity index (χ4v) is 3.71. The van der Waals surface area contributed by atoms with Gasteiger partial charge >= 0.3 is 0 Å². The molecule has 1 heterocycles. The number of likely N-dealkylation sites (N-methyl/N-ethyl adjacent to an activating group) is 1. The highest BCUT2D eigenvalue weighted by molar-refractivity contribution is 8.18. The van der Waals surface area contributed by atoms with Gasteiger partial charge in [0.1, 0.15) is 11.6 Å². The Morgan fingerprint density at radius 3 is 2.55 bits per heavy atom. The summed E-state index contributed by atoms with van der Waals surface area (Å²) in [5, 5.41) is 2.14. The number of nitrogens with one attached hydrogen (secondary N) is 1. The number of nitrogens with zero attached hydrogens (tertiary/aromatic N) is 2. The van der Waals surface area contributed by atoms with Crippen LogP contribution >= 0.6 is 11.8 Å². The topological polar surface area (TPSA) is 96.0 Å². The summed E-state index contributed by atoms with van der Waals surface area (Å²) in [6, 6.07) is 12.4. The van der Waals surface area contributed by atoms with Crippen molar-refractivity contribution in [1.29, 1.82) is 0 Å². The Bertz CT molecular complexity index is 1120. The number of ether oxygens (including phenoxy) is 1. The van der Waals surface area contributed by atoms with Gasteiger partial charge in [0.2, 0.25) is 0 Å². The van der Waals surface area contributed by atoms with Crippen molar-refractivity contribution in [3.63, 3.8) is 0 Å². The second-order valence-corrected chi connectivity index (χ2v) is 8.18. The minimum atomic E-state index is -0.548. The Kier molecular flexibility index (Phi) is 7.83. The number of amides is 4. The Labute approximate surface area is 194 Å². The van der Waals surface area contributed by atoms with E-state index in [1.807, 2.05) is 0 Å². The number of thioether (sulfide) groups is 1. The lowest BCUT2D eigenvalue weighted by Gasteiger charge is -2.15. The maximum absolute atomic E-state index is 13.8. The first kappa shape index (κ1) is 24.0. The molecule has 2 aromatic carbocycles. The molecule has 0 bridgehead atoms. The van der Waals surface area contributed by atoms with Gasteiger partial charge in [-0.1, -0.05) is 30.3 Å². The molecule has 1 saturated heterocycles.